The predicted molar refractivity (Wildman–Crippen MR) is 160 cm³/mol. The monoisotopic (exact) mass is 542 g/mol. The number of ether oxygens (including phenoxy) is 1. The lowest BCUT2D eigenvalue weighted by Gasteiger charge is -2.31. The van der Waals surface area contributed by atoms with Crippen LogP contribution in [0.3, 0.4) is 0 Å². The van der Waals surface area contributed by atoms with E-state index in [4.69, 9.17) is 4.74 Å². The summed E-state index contributed by atoms with van der Waals surface area (Å²) < 4.78 is 4.87. The Bertz CT molecular complexity index is 1330. The SMILES string of the molecule is COC(=O)c1ccc(C2CC(c3cc(C(C)(C)C)cc(C(C)(C)C)c3)N(c3ccc(C(=O)N(C)C)nc3)N2)cc1. The summed E-state index contributed by atoms with van der Waals surface area (Å²) in [4.78, 5) is 30.5. The quantitative estimate of drug-likeness (QED) is 0.378. The van der Waals surface area contributed by atoms with Crippen molar-refractivity contribution in [2.45, 2.75) is 70.9 Å². The molecule has 2 heterocycles. The molecule has 0 saturated carbocycles. The highest BCUT2D eigenvalue weighted by atomic mass is 16.5. The molecule has 3 aromatic rings. The van der Waals surface area contributed by atoms with Gasteiger partial charge in [-0.3, -0.25) is 9.80 Å². The number of rotatable bonds is 5. The van der Waals surface area contributed by atoms with E-state index < -0.39 is 0 Å². The highest BCUT2D eigenvalue weighted by Crippen LogP contribution is 2.42. The molecule has 0 aliphatic carbocycles. The van der Waals surface area contributed by atoms with Crippen molar-refractivity contribution >= 4 is 17.6 Å². The van der Waals surface area contributed by atoms with Gasteiger partial charge in [-0.15, -0.1) is 0 Å². The van der Waals surface area contributed by atoms with Gasteiger partial charge in [-0.1, -0.05) is 71.9 Å². The number of methoxy groups -OCH3 is 1. The minimum Gasteiger partial charge on any atom is -0.465 e. The zero-order chi connectivity index (χ0) is 29.4. The summed E-state index contributed by atoms with van der Waals surface area (Å²) in [6.45, 7) is 13.5. The number of nitrogens with zero attached hydrogens (tertiary/aromatic N) is 3. The first kappa shape index (κ1) is 29.3. The van der Waals surface area contributed by atoms with Crippen LogP contribution < -0.4 is 10.4 Å². The minimum absolute atomic E-state index is 0.00820. The molecule has 40 heavy (non-hydrogen) atoms. The number of anilines is 1. The van der Waals surface area contributed by atoms with Gasteiger partial charge in [0.05, 0.1) is 36.6 Å². The molecule has 0 bridgehead atoms. The summed E-state index contributed by atoms with van der Waals surface area (Å²) in [5.74, 6) is -0.480. The normalized spacial score (nSPS) is 17.6. The number of hydrazine groups is 1. The summed E-state index contributed by atoms with van der Waals surface area (Å²) >= 11 is 0. The van der Waals surface area contributed by atoms with E-state index in [0.29, 0.717) is 11.3 Å². The van der Waals surface area contributed by atoms with E-state index >= 15 is 0 Å². The van der Waals surface area contributed by atoms with Crippen LogP contribution in [0.5, 0.6) is 0 Å². The van der Waals surface area contributed by atoms with Crippen LogP contribution >= 0.6 is 0 Å². The molecule has 1 fully saturated rings. The molecule has 0 radical (unpaired) electrons. The topological polar surface area (TPSA) is 74.8 Å². The molecular weight excluding hydrogens is 500 g/mol. The fourth-order valence-electron chi connectivity index (χ4n) is 4.95. The van der Waals surface area contributed by atoms with Crippen molar-refractivity contribution in [2.24, 2.45) is 0 Å². The minimum atomic E-state index is -0.349. The molecule has 7 heteroatoms. The number of carbonyl (C=O) groups excluding carboxylic acids is 2. The van der Waals surface area contributed by atoms with Gasteiger partial charge in [-0.25, -0.2) is 15.2 Å². The number of pyridine rings is 1. The van der Waals surface area contributed by atoms with Gasteiger partial charge < -0.3 is 9.64 Å². The number of hydrogen-bond acceptors (Lipinski definition) is 6. The van der Waals surface area contributed by atoms with E-state index in [2.05, 4.69) is 75.2 Å². The van der Waals surface area contributed by atoms with Gasteiger partial charge in [-0.05, 0) is 63.8 Å². The van der Waals surface area contributed by atoms with E-state index in [0.717, 1.165) is 17.7 Å². The van der Waals surface area contributed by atoms with E-state index in [-0.39, 0.29) is 34.8 Å². The molecule has 1 aliphatic rings. The first-order valence-electron chi connectivity index (χ1n) is 13.8. The molecule has 2 atom stereocenters. The van der Waals surface area contributed by atoms with Gasteiger partial charge in [-0.2, -0.15) is 0 Å². The predicted octanol–water partition coefficient (Wildman–Crippen LogP) is 6.36. The first-order chi connectivity index (χ1) is 18.7. The number of hydrogen-bond donors (Lipinski definition) is 1. The molecule has 1 aromatic heterocycles. The average Bonchev–Trinajstić information content (AvgIpc) is 3.36. The van der Waals surface area contributed by atoms with E-state index in [1.165, 1.54) is 28.7 Å². The Labute approximate surface area is 238 Å². The van der Waals surface area contributed by atoms with Crippen molar-refractivity contribution in [2.75, 3.05) is 26.2 Å². The Morgan fingerprint density at radius 1 is 0.900 bits per heavy atom. The second-order valence-electron chi connectivity index (χ2n) is 12.9. The standard InChI is InChI=1S/C33H42N4O3/c1-32(2,3)24-16-23(17-25(18-24)33(4,5)6)29-19-28(21-10-12-22(13-11-21)31(39)40-9)35-37(29)26-14-15-27(34-20-26)30(38)36(7)8/h10-18,20,28-29,35H,19H2,1-9H3. The lowest BCUT2D eigenvalue weighted by molar-refractivity contribution is 0.0600. The molecule has 2 unspecified atom stereocenters. The summed E-state index contributed by atoms with van der Waals surface area (Å²) in [5.41, 5.74) is 10.4. The first-order valence-corrected chi connectivity index (χ1v) is 13.8. The summed E-state index contributed by atoms with van der Waals surface area (Å²) in [7, 11) is 4.84. The van der Waals surface area contributed by atoms with Crippen LogP contribution in [-0.2, 0) is 15.6 Å². The number of carbonyl (C=O) groups is 2. The highest BCUT2D eigenvalue weighted by molar-refractivity contribution is 5.92. The van der Waals surface area contributed by atoms with Gasteiger partial charge in [0.15, 0.2) is 0 Å². The van der Waals surface area contributed by atoms with Crippen molar-refractivity contribution < 1.29 is 14.3 Å². The lowest BCUT2D eigenvalue weighted by Crippen LogP contribution is -2.34. The van der Waals surface area contributed by atoms with Crippen molar-refractivity contribution in [3.8, 4) is 0 Å². The number of benzene rings is 2. The van der Waals surface area contributed by atoms with Gasteiger partial charge in [0, 0.05) is 14.1 Å². The van der Waals surface area contributed by atoms with Crippen LogP contribution in [0.25, 0.3) is 0 Å². The largest absolute Gasteiger partial charge is 0.465 e. The summed E-state index contributed by atoms with van der Waals surface area (Å²) in [5, 5.41) is 2.17. The van der Waals surface area contributed by atoms with Gasteiger partial charge in [0.2, 0.25) is 0 Å². The molecule has 1 amide bonds. The molecule has 2 aromatic carbocycles. The Morgan fingerprint density at radius 2 is 1.50 bits per heavy atom. The third kappa shape index (κ3) is 6.20. The van der Waals surface area contributed by atoms with Crippen LogP contribution in [0, 0.1) is 0 Å². The Kier molecular flexibility index (Phi) is 8.08. The number of aromatic nitrogens is 1. The second kappa shape index (κ2) is 11.0. The second-order valence-corrected chi connectivity index (χ2v) is 12.9. The van der Waals surface area contributed by atoms with Crippen LogP contribution in [0.2, 0.25) is 0 Å². The summed E-state index contributed by atoms with van der Waals surface area (Å²) in [6.07, 6.45) is 2.57. The number of amides is 1. The van der Waals surface area contributed by atoms with Crippen LogP contribution in [-0.4, -0.2) is 43.0 Å². The van der Waals surface area contributed by atoms with Crippen molar-refractivity contribution in [1.29, 1.82) is 0 Å². The smallest absolute Gasteiger partial charge is 0.337 e. The highest BCUT2D eigenvalue weighted by Gasteiger charge is 2.36. The maximum atomic E-state index is 12.5. The van der Waals surface area contributed by atoms with Gasteiger partial charge in [0.1, 0.15) is 5.69 Å². The molecule has 1 aliphatic heterocycles. The summed E-state index contributed by atoms with van der Waals surface area (Å²) in [6, 6.07) is 18.3. The van der Waals surface area contributed by atoms with Crippen LogP contribution in [0.4, 0.5) is 5.69 Å². The molecular formula is C33H42N4O3. The molecule has 1 saturated heterocycles. The Hall–Kier alpha value is -3.71. The number of esters is 1. The van der Waals surface area contributed by atoms with Gasteiger partial charge >= 0.3 is 5.97 Å². The van der Waals surface area contributed by atoms with E-state index in [1.54, 1.807) is 26.4 Å². The fourth-order valence-corrected chi connectivity index (χ4v) is 4.95. The maximum Gasteiger partial charge on any atom is 0.337 e. The van der Waals surface area contributed by atoms with Gasteiger partial charge in [0.25, 0.3) is 5.91 Å². The maximum absolute atomic E-state index is 12.5. The fraction of sp³-hybridized carbons (Fsp3) is 0.424. The van der Waals surface area contributed by atoms with Crippen molar-refractivity contribution in [3.05, 3.63) is 94.3 Å². The Morgan fingerprint density at radius 3 is 1.98 bits per heavy atom. The van der Waals surface area contributed by atoms with Crippen molar-refractivity contribution in [3.63, 3.8) is 0 Å². The zero-order valence-corrected chi connectivity index (χ0v) is 25.2. The third-order valence-electron chi connectivity index (χ3n) is 7.52. The lowest BCUT2D eigenvalue weighted by atomic mass is 9.78. The van der Waals surface area contributed by atoms with Crippen LogP contribution in [0.15, 0.2) is 60.8 Å². The van der Waals surface area contributed by atoms with E-state index in [1.807, 2.05) is 30.3 Å². The Balaban J connectivity index is 1.78. The molecule has 4 rings (SSSR count). The zero-order valence-electron chi connectivity index (χ0n) is 25.2. The average molecular weight is 543 g/mol. The van der Waals surface area contributed by atoms with Crippen molar-refractivity contribution in [1.82, 2.24) is 15.3 Å². The number of nitrogens with one attached hydrogen (secondary N) is 1. The molecule has 212 valence electrons. The molecule has 1 N–H and O–H groups in total. The molecule has 7 nitrogen and oxygen atoms in total. The third-order valence-corrected chi connectivity index (χ3v) is 7.52. The van der Waals surface area contributed by atoms with Crippen LogP contribution in [0.1, 0.15) is 103 Å². The molecule has 0 spiro atoms. The van der Waals surface area contributed by atoms with E-state index in [9.17, 15) is 9.59 Å².